The molecule has 2 rings (SSSR count). The Morgan fingerprint density at radius 2 is 2.05 bits per heavy atom. The van der Waals surface area contributed by atoms with E-state index in [2.05, 4.69) is 15.3 Å². The van der Waals surface area contributed by atoms with Crippen LogP contribution in [-0.4, -0.2) is 28.8 Å². The van der Waals surface area contributed by atoms with Crippen LogP contribution in [-0.2, 0) is 4.74 Å². The Morgan fingerprint density at radius 1 is 1.32 bits per heavy atom. The largest absolute Gasteiger partial charge is 0.495 e. The molecule has 22 heavy (non-hydrogen) atoms. The summed E-state index contributed by atoms with van der Waals surface area (Å²) in [6.45, 7) is 7.29. The Labute approximate surface area is 133 Å². The fraction of sp³-hybridized carbons (Fsp3) is 0.400. The quantitative estimate of drug-likeness (QED) is 0.929. The first-order valence-corrected chi connectivity index (χ1v) is 7.57. The predicted octanol–water partition coefficient (Wildman–Crippen LogP) is 3.87. The summed E-state index contributed by atoms with van der Waals surface area (Å²) in [5, 5.41) is 4.15. The molecule has 0 saturated carbocycles. The smallest absolute Gasteiger partial charge is 0.412 e. The number of aromatic nitrogens is 2. The van der Waals surface area contributed by atoms with Crippen molar-refractivity contribution in [1.82, 2.24) is 9.97 Å². The first-order valence-electron chi connectivity index (χ1n) is 6.75. The van der Waals surface area contributed by atoms with E-state index < -0.39 is 11.7 Å². The predicted molar refractivity (Wildman–Crippen MR) is 86.5 cm³/mol. The monoisotopic (exact) mass is 321 g/mol. The molecule has 0 aliphatic rings. The van der Waals surface area contributed by atoms with Gasteiger partial charge in [0.25, 0.3) is 0 Å². The van der Waals surface area contributed by atoms with Crippen LogP contribution >= 0.6 is 11.3 Å². The topological polar surface area (TPSA) is 73.3 Å². The molecule has 0 atom stereocenters. The van der Waals surface area contributed by atoms with Crippen molar-refractivity contribution in [2.45, 2.75) is 33.3 Å². The molecular weight excluding hydrogens is 302 g/mol. The van der Waals surface area contributed by atoms with E-state index in [1.165, 1.54) is 11.3 Å². The van der Waals surface area contributed by atoms with Crippen molar-refractivity contribution < 1.29 is 14.3 Å². The van der Waals surface area contributed by atoms with Gasteiger partial charge in [0.1, 0.15) is 21.4 Å². The lowest BCUT2D eigenvalue weighted by atomic mass is 10.2. The standard InChI is InChI=1S/C15H19N3O3S/c1-9-12(18-14(19)21-15(2,3)4)22-13(17-9)10-6-11(20-5)8-16-7-10/h6-8H,1-5H3,(H,18,19). The molecule has 2 heterocycles. The van der Waals surface area contributed by atoms with Crippen LogP contribution in [0.2, 0.25) is 0 Å². The molecule has 6 nitrogen and oxygen atoms in total. The molecule has 0 aromatic carbocycles. The number of hydrogen-bond acceptors (Lipinski definition) is 6. The average Bonchev–Trinajstić information content (AvgIpc) is 2.78. The second-order valence-electron chi connectivity index (χ2n) is 5.67. The summed E-state index contributed by atoms with van der Waals surface area (Å²) in [6.07, 6.45) is 2.84. The number of rotatable bonds is 3. The highest BCUT2D eigenvalue weighted by atomic mass is 32.1. The zero-order chi connectivity index (χ0) is 16.3. The van der Waals surface area contributed by atoms with Crippen molar-refractivity contribution in [2.75, 3.05) is 12.4 Å². The molecule has 1 amide bonds. The minimum atomic E-state index is -0.539. The van der Waals surface area contributed by atoms with Gasteiger partial charge in [-0.2, -0.15) is 0 Å². The molecule has 0 spiro atoms. The lowest BCUT2D eigenvalue weighted by molar-refractivity contribution is 0.0636. The van der Waals surface area contributed by atoms with Gasteiger partial charge in [-0.15, -0.1) is 0 Å². The highest BCUT2D eigenvalue weighted by Crippen LogP contribution is 2.32. The molecule has 7 heteroatoms. The Balaban J connectivity index is 2.19. The minimum Gasteiger partial charge on any atom is -0.495 e. The third kappa shape index (κ3) is 4.17. The lowest BCUT2D eigenvalue weighted by Crippen LogP contribution is -2.27. The van der Waals surface area contributed by atoms with Gasteiger partial charge in [-0.25, -0.2) is 9.78 Å². The highest BCUT2D eigenvalue weighted by molar-refractivity contribution is 7.19. The molecule has 118 valence electrons. The zero-order valence-electron chi connectivity index (χ0n) is 13.3. The van der Waals surface area contributed by atoms with E-state index in [0.717, 1.165) is 16.3 Å². The average molecular weight is 321 g/mol. The van der Waals surface area contributed by atoms with Crippen molar-refractivity contribution in [3.05, 3.63) is 24.2 Å². The number of nitrogens with one attached hydrogen (secondary N) is 1. The summed E-state index contributed by atoms with van der Waals surface area (Å²) in [7, 11) is 1.59. The van der Waals surface area contributed by atoms with Crippen LogP contribution in [0, 0.1) is 6.92 Å². The first-order chi connectivity index (χ1) is 10.3. The van der Waals surface area contributed by atoms with Gasteiger partial charge >= 0.3 is 6.09 Å². The van der Waals surface area contributed by atoms with Crippen LogP contribution in [0.15, 0.2) is 18.5 Å². The Hall–Kier alpha value is -2.15. The Bertz CT molecular complexity index is 677. The molecule has 0 unspecified atom stereocenters. The molecule has 0 bridgehead atoms. The normalized spacial score (nSPS) is 11.1. The van der Waals surface area contributed by atoms with Crippen molar-refractivity contribution in [3.8, 4) is 16.3 Å². The molecule has 0 aliphatic carbocycles. The van der Waals surface area contributed by atoms with Crippen LogP contribution < -0.4 is 10.1 Å². The fourth-order valence-corrected chi connectivity index (χ4v) is 2.61. The summed E-state index contributed by atoms with van der Waals surface area (Å²) in [5.41, 5.74) is 1.03. The number of ether oxygens (including phenoxy) is 2. The molecule has 0 radical (unpaired) electrons. The molecule has 2 aromatic rings. The van der Waals surface area contributed by atoms with Crippen molar-refractivity contribution in [2.24, 2.45) is 0 Å². The van der Waals surface area contributed by atoms with Crippen LogP contribution in [0.25, 0.3) is 10.6 Å². The van der Waals surface area contributed by atoms with E-state index in [1.54, 1.807) is 19.5 Å². The molecule has 2 aromatic heterocycles. The summed E-state index contributed by atoms with van der Waals surface area (Å²) >= 11 is 1.37. The number of carbonyl (C=O) groups is 1. The zero-order valence-corrected chi connectivity index (χ0v) is 14.1. The number of methoxy groups -OCH3 is 1. The summed E-state index contributed by atoms with van der Waals surface area (Å²) in [5.74, 6) is 0.659. The van der Waals surface area contributed by atoms with Crippen LogP contribution in [0.5, 0.6) is 5.75 Å². The van der Waals surface area contributed by atoms with Gasteiger partial charge in [0.05, 0.1) is 19.0 Å². The van der Waals surface area contributed by atoms with E-state index in [0.29, 0.717) is 10.8 Å². The summed E-state index contributed by atoms with van der Waals surface area (Å²) in [4.78, 5) is 20.4. The lowest BCUT2D eigenvalue weighted by Gasteiger charge is -2.19. The van der Waals surface area contributed by atoms with Gasteiger partial charge in [-0.05, 0) is 33.8 Å². The number of nitrogens with zero attached hydrogens (tertiary/aromatic N) is 2. The fourth-order valence-electron chi connectivity index (χ4n) is 1.68. The molecule has 1 N–H and O–H groups in total. The minimum absolute atomic E-state index is 0.491. The summed E-state index contributed by atoms with van der Waals surface area (Å²) < 4.78 is 10.4. The van der Waals surface area contributed by atoms with Crippen LogP contribution in [0.3, 0.4) is 0 Å². The molecule has 0 aliphatic heterocycles. The molecule has 0 saturated heterocycles. The number of hydrogen-bond donors (Lipinski definition) is 1. The number of carbonyl (C=O) groups excluding carboxylic acids is 1. The highest BCUT2D eigenvalue weighted by Gasteiger charge is 2.18. The number of pyridine rings is 1. The maximum Gasteiger partial charge on any atom is 0.412 e. The van der Waals surface area contributed by atoms with E-state index in [4.69, 9.17) is 9.47 Å². The maximum atomic E-state index is 11.8. The third-order valence-electron chi connectivity index (χ3n) is 2.61. The van der Waals surface area contributed by atoms with Gasteiger partial charge < -0.3 is 9.47 Å². The Morgan fingerprint density at radius 3 is 2.68 bits per heavy atom. The van der Waals surface area contributed by atoms with Crippen molar-refractivity contribution in [3.63, 3.8) is 0 Å². The number of amides is 1. The van der Waals surface area contributed by atoms with Gasteiger partial charge in [0.2, 0.25) is 0 Å². The van der Waals surface area contributed by atoms with Crippen molar-refractivity contribution >= 4 is 22.4 Å². The van der Waals surface area contributed by atoms with Crippen molar-refractivity contribution in [1.29, 1.82) is 0 Å². The first kappa shape index (κ1) is 16.2. The maximum absolute atomic E-state index is 11.8. The van der Waals surface area contributed by atoms with Gasteiger partial charge in [-0.3, -0.25) is 10.3 Å². The van der Waals surface area contributed by atoms with Crippen LogP contribution in [0.1, 0.15) is 26.5 Å². The van der Waals surface area contributed by atoms with E-state index in [-0.39, 0.29) is 0 Å². The van der Waals surface area contributed by atoms with Crippen LogP contribution in [0.4, 0.5) is 9.80 Å². The second kappa shape index (κ2) is 6.31. The summed E-state index contributed by atoms with van der Waals surface area (Å²) in [6, 6.07) is 1.85. The van der Waals surface area contributed by atoms with E-state index in [9.17, 15) is 4.79 Å². The molecule has 0 fully saturated rings. The van der Waals surface area contributed by atoms with E-state index in [1.807, 2.05) is 33.8 Å². The number of anilines is 1. The second-order valence-corrected chi connectivity index (χ2v) is 6.67. The van der Waals surface area contributed by atoms with Gasteiger partial charge in [0, 0.05) is 11.8 Å². The molecular formula is C15H19N3O3S. The Kier molecular flexibility index (Phi) is 4.65. The SMILES string of the molecule is COc1cncc(-c2nc(C)c(NC(=O)OC(C)(C)C)s2)c1. The third-order valence-corrected chi connectivity index (χ3v) is 3.73. The van der Waals surface area contributed by atoms with Gasteiger partial charge in [0.15, 0.2) is 0 Å². The van der Waals surface area contributed by atoms with E-state index >= 15 is 0 Å². The number of aryl methyl sites for hydroxylation is 1. The van der Waals surface area contributed by atoms with Gasteiger partial charge in [-0.1, -0.05) is 11.3 Å². The number of thiazole rings is 1.